The first-order valence-electron chi connectivity index (χ1n) is 6.35. The molecule has 0 aromatic heterocycles. The van der Waals surface area contributed by atoms with Gasteiger partial charge in [0.2, 0.25) is 0 Å². The summed E-state index contributed by atoms with van der Waals surface area (Å²) in [5.41, 5.74) is 8.18. The summed E-state index contributed by atoms with van der Waals surface area (Å²) in [5, 5.41) is 0. The van der Waals surface area contributed by atoms with Crippen LogP contribution >= 0.6 is 0 Å². The second-order valence-corrected chi connectivity index (χ2v) is 4.57. The highest BCUT2D eigenvalue weighted by Crippen LogP contribution is 2.21. The molecule has 0 aromatic rings. The van der Waals surface area contributed by atoms with Crippen LogP contribution in [0.15, 0.2) is 11.8 Å². The van der Waals surface area contributed by atoms with Crippen molar-refractivity contribution in [1.82, 2.24) is 0 Å². The first kappa shape index (κ1) is 14.5. The average molecular weight is 252 g/mol. The zero-order valence-electron chi connectivity index (χ0n) is 11.0. The third-order valence-corrected chi connectivity index (χ3v) is 2.75. The maximum absolute atomic E-state index is 11.0. The lowest BCUT2D eigenvalue weighted by molar-refractivity contribution is -0.144. The highest BCUT2D eigenvalue weighted by atomic mass is 16.5. The van der Waals surface area contributed by atoms with Crippen molar-refractivity contribution in [1.29, 1.82) is 0 Å². The molecule has 0 heterocycles. The number of rotatable bonds is 6. The Balaban J connectivity index is 2.30. The first-order chi connectivity index (χ1) is 8.61. The van der Waals surface area contributed by atoms with Gasteiger partial charge in [0.1, 0.15) is 6.10 Å². The Morgan fingerprint density at radius 3 is 2.89 bits per heavy atom. The van der Waals surface area contributed by atoms with Crippen molar-refractivity contribution in [2.75, 3.05) is 0 Å². The maximum atomic E-state index is 11.0. The van der Waals surface area contributed by atoms with Gasteiger partial charge in [-0.25, -0.2) is 4.79 Å². The van der Waals surface area contributed by atoms with Crippen LogP contribution in [0.5, 0.6) is 0 Å². The number of esters is 1. The summed E-state index contributed by atoms with van der Waals surface area (Å²) >= 11 is 0. The van der Waals surface area contributed by atoms with E-state index in [1.165, 1.54) is 12.8 Å². The van der Waals surface area contributed by atoms with E-state index >= 15 is 0 Å². The van der Waals surface area contributed by atoms with E-state index in [2.05, 4.69) is 10.9 Å². The monoisotopic (exact) mass is 252 g/mol. The molecule has 0 fully saturated rings. The molecule has 0 aromatic carbocycles. The summed E-state index contributed by atoms with van der Waals surface area (Å²) in [6, 6.07) is 0. The Kier molecular flexibility index (Phi) is 6.15. The lowest BCUT2D eigenvalue weighted by atomic mass is 10.1. The van der Waals surface area contributed by atoms with Crippen molar-refractivity contribution < 1.29 is 19.1 Å². The van der Waals surface area contributed by atoms with Gasteiger partial charge >= 0.3 is 12.2 Å². The number of nitrogens with zero attached hydrogens (tertiary/aromatic N) is 2. The van der Waals surface area contributed by atoms with E-state index in [-0.39, 0.29) is 12.2 Å². The molecule has 0 N–H and O–H groups in total. The van der Waals surface area contributed by atoms with Crippen molar-refractivity contribution in [2.24, 2.45) is 0 Å². The molecule has 2 atom stereocenters. The van der Waals surface area contributed by atoms with Gasteiger partial charge in [0.05, 0.1) is 11.9 Å². The maximum Gasteiger partial charge on any atom is 0.413 e. The Hall–Kier alpha value is -1.61. The molecule has 0 unspecified atom stereocenters. The lowest BCUT2D eigenvalue weighted by Crippen LogP contribution is -2.22. The molecule has 1 rings (SSSR count). The first-order valence-corrected chi connectivity index (χ1v) is 6.35. The van der Waals surface area contributed by atoms with E-state index < -0.39 is 5.97 Å². The molecule has 1 aliphatic carbocycles. The van der Waals surface area contributed by atoms with Gasteiger partial charge in [-0.3, -0.25) is 0 Å². The van der Waals surface area contributed by atoms with E-state index in [9.17, 15) is 4.79 Å². The van der Waals surface area contributed by atoms with Crippen LogP contribution in [0.1, 0.15) is 46.0 Å². The van der Waals surface area contributed by atoms with Crippen molar-refractivity contribution in [3.05, 3.63) is 17.4 Å². The van der Waals surface area contributed by atoms with Gasteiger partial charge in [0.25, 0.3) is 0 Å². The van der Waals surface area contributed by atoms with E-state index in [1.807, 2.05) is 6.92 Å². The fourth-order valence-corrected chi connectivity index (χ4v) is 2.01. The number of hydrogen-bond donors (Lipinski definition) is 0. The molecular formula is C13H20N2O3. The number of hydrogen-bond acceptors (Lipinski definition) is 3. The molecule has 0 spiro atoms. The minimum Gasteiger partial charge on any atom is -0.495 e. The van der Waals surface area contributed by atoms with Crippen LogP contribution in [0.4, 0.5) is 0 Å². The summed E-state index contributed by atoms with van der Waals surface area (Å²) in [7, 11) is 0. The smallest absolute Gasteiger partial charge is 0.413 e. The van der Waals surface area contributed by atoms with Crippen molar-refractivity contribution >= 4 is 12.2 Å². The zero-order chi connectivity index (χ0) is 13.4. The fourth-order valence-electron chi connectivity index (χ4n) is 2.01. The van der Waals surface area contributed by atoms with E-state index in [4.69, 9.17) is 15.0 Å². The van der Waals surface area contributed by atoms with Crippen LogP contribution in [0.25, 0.3) is 5.53 Å². The SMILES string of the molecule is C[C@H](C[C@@H](C)OC1=CCCCC1)OC(=O)C=[N+]=[N-]. The molecule has 0 bridgehead atoms. The molecule has 5 nitrogen and oxygen atoms in total. The van der Waals surface area contributed by atoms with Crippen LogP contribution in [0, 0.1) is 0 Å². The summed E-state index contributed by atoms with van der Waals surface area (Å²) < 4.78 is 10.8. The molecule has 0 saturated heterocycles. The Morgan fingerprint density at radius 1 is 1.50 bits per heavy atom. The van der Waals surface area contributed by atoms with Crippen LogP contribution < -0.4 is 0 Å². The summed E-state index contributed by atoms with van der Waals surface area (Å²) in [6.45, 7) is 3.75. The van der Waals surface area contributed by atoms with Crippen LogP contribution in [-0.2, 0) is 14.3 Å². The van der Waals surface area contributed by atoms with Gasteiger partial charge in [-0.1, -0.05) is 0 Å². The van der Waals surface area contributed by atoms with Crippen LogP contribution in [0.2, 0.25) is 0 Å². The molecule has 0 saturated carbocycles. The van der Waals surface area contributed by atoms with Crippen LogP contribution in [0.3, 0.4) is 0 Å². The summed E-state index contributed by atoms with van der Waals surface area (Å²) in [6.07, 6.45) is 7.71. The van der Waals surface area contributed by atoms with Gasteiger partial charge in [0, 0.05) is 12.8 Å². The molecule has 0 aliphatic heterocycles. The molecule has 5 heteroatoms. The number of carbonyl (C=O) groups excluding carboxylic acids is 1. The summed E-state index contributed by atoms with van der Waals surface area (Å²) in [5.74, 6) is 0.401. The highest BCUT2D eigenvalue weighted by Gasteiger charge is 2.16. The standard InChI is InChI=1S/C13H20N2O3/c1-10(17-12-6-4-3-5-7-12)8-11(2)18-13(16)9-15-14/h6,9-11H,3-5,7-8H2,1-2H3/t10-,11-/m1/s1. The Morgan fingerprint density at radius 2 is 2.28 bits per heavy atom. The third-order valence-electron chi connectivity index (χ3n) is 2.75. The van der Waals surface area contributed by atoms with Crippen LogP contribution in [-0.4, -0.2) is 29.2 Å². The van der Waals surface area contributed by atoms with Gasteiger partial charge in [-0.15, -0.1) is 0 Å². The third kappa shape index (κ3) is 5.64. The topological polar surface area (TPSA) is 71.9 Å². The van der Waals surface area contributed by atoms with E-state index in [0.29, 0.717) is 6.42 Å². The van der Waals surface area contributed by atoms with Crippen molar-refractivity contribution in [2.45, 2.75) is 58.2 Å². The largest absolute Gasteiger partial charge is 0.495 e. The quantitative estimate of drug-likeness (QED) is 0.315. The van der Waals surface area contributed by atoms with Gasteiger partial charge in [-0.05, 0) is 39.2 Å². The lowest BCUT2D eigenvalue weighted by Gasteiger charge is -2.22. The minimum atomic E-state index is -0.644. The fraction of sp³-hybridized carbons (Fsp3) is 0.692. The van der Waals surface area contributed by atoms with Crippen molar-refractivity contribution in [3.63, 3.8) is 0 Å². The second kappa shape index (κ2) is 7.67. The molecule has 0 amide bonds. The number of allylic oxidation sites excluding steroid dienone is 2. The number of carbonyl (C=O) groups is 1. The Labute approximate surface area is 107 Å². The number of ether oxygens (including phenoxy) is 2. The molecule has 1 aliphatic rings. The second-order valence-electron chi connectivity index (χ2n) is 4.57. The van der Waals surface area contributed by atoms with Gasteiger partial charge < -0.3 is 15.0 Å². The Bertz CT molecular complexity index is 359. The predicted molar refractivity (Wildman–Crippen MR) is 67.0 cm³/mol. The van der Waals surface area contributed by atoms with E-state index in [1.54, 1.807) is 6.92 Å². The average Bonchev–Trinajstić information content (AvgIpc) is 2.29. The molecule has 0 radical (unpaired) electrons. The zero-order valence-corrected chi connectivity index (χ0v) is 11.0. The highest BCUT2D eigenvalue weighted by molar-refractivity contribution is 6.20. The summed E-state index contributed by atoms with van der Waals surface area (Å²) in [4.78, 5) is 13.7. The van der Waals surface area contributed by atoms with Crippen molar-refractivity contribution in [3.8, 4) is 0 Å². The van der Waals surface area contributed by atoms with E-state index in [0.717, 1.165) is 24.8 Å². The van der Waals surface area contributed by atoms with Gasteiger partial charge in [-0.2, -0.15) is 4.79 Å². The molecule has 18 heavy (non-hydrogen) atoms. The normalized spacial score (nSPS) is 18.0. The predicted octanol–water partition coefficient (Wildman–Crippen LogP) is 2.47. The molecule has 100 valence electrons. The molecular weight excluding hydrogens is 232 g/mol. The minimum absolute atomic E-state index is 0.00298. The van der Waals surface area contributed by atoms with Gasteiger partial charge in [0.15, 0.2) is 0 Å².